The van der Waals surface area contributed by atoms with Gasteiger partial charge in [0.2, 0.25) is 0 Å². The molecule has 0 aliphatic carbocycles. The maximum atomic E-state index is 6.49. The Morgan fingerprint density at radius 2 is 1.67 bits per heavy atom. The Morgan fingerprint density at radius 3 is 2.38 bits per heavy atom. The van der Waals surface area contributed by atoms with Crippen LogP contribution in [0.5, 0.6) is 0 Å². The summed E-state index contributed by atoms with van der Waals surface area (Å²) in [5.41, 5.74) is 3.55. The molecule has 0 aromatic heterocycles. The van der Waals surface area contributed by atoms with E-state index in [9.17, 15) is 0 Å². The number of rotatable bonds is 4. The number of hydrogen-bond donors (Lipinski definition) is 1. The van der Waals surface area contributed by atoms with Gasteiger partial charge in [0.15, 0.2) is 0 Å². The van der Waals surface area contributed by atoms with Crippen molar-refractivity contribution in [1.82, 2.24) is 5.32 Å². The van der Waals surface area contributed by atoms with Crippen molar-refractivity contribution in [3.63, 3.8) is 0 Å². The Bertz CT molecular complexity index is 595. The molecule has 21 heavy (non-hydrogen) atoms. The monoisotopic (exact) mass is 298 g/mol. The summed E-state index contributed by atoms with van der Waals surface area (Å²) < 4.78 is 1.78. The molecule has 0 saturated heterocycles. The average molecular weight is 299 g/mol. The number of hydrogen-bond acceptors (Lipinski definition) is 2. The molecule has 1 atom stereocenters. The predicted molar refractivity (Wildman–Crippen MR) is 89.4 cm³/mol. The maximum absolute atomic E-state index is 6.49. The summed E-state index contributed by atoms with van der Waals surface area (Å²) in [5, 5.41) is 3.54. The van der Waals surface area contributed by atoms with Crippen LogP contribution >= 0.6 is 11.8 Å². The van der Waals surface area contributed by atoms with Crippen molar-refractivity contribution in [1.29, 1.82) is 0 Å². The molecule has 1 N–H and O–H groups in total. The van der Waals surface area contributed by atoms with Crippen LogP contribution in [-0.2, 0) is 6.42 Å². The van der Waals surface area contributed by atoms with Crippen molar-refractivity contribution in [3.8, 4) is 0 Å². The van der Waals surface area contributed by atoms with Crippen molar-refractivity contribution < 1.29 is 0 Å². The lowest BCUT2D eigenvalue weighted by atomic mass is 9.99. The first-order chi connectivity index (χ1) is 10.3. The largest absolute Gasteiger partial charge is 0.310 e. The lowest BCUT2D eigenvalue weighted by Crippen LogP contribution is -2.37. The Kier molecular flexibility index (Phi) is 4.59. The smallest absolute Gasteiger partial charge is 0.0577 e. The second-order valence-electron chi connectivity index (χ2n) is 5.31. The zero-order valence-corrected chi connectivity index (χ0v) is 12.6. The zero-order valence-electron chi connectivity index (χ0n) is 11.9. The van der Waals surface area contributed by atoms with Gasteiger partial charge >= 0.3 is 0 Å². The molecular weight excluding hydrogens is 280 g/mol. The van der Waals surface area contributed by atoms with E-state index in [2.05, 4.69) is 41.7 Å². The summed E-state index contributed by atoms with van der Waals surface area (Å²) >= 11 is 6.49. The summed E-state index contributed by atoms with van der Waals surface area (Å²) in [5.74, 6) is 0. The fourth-order valence-corrected chi connectivity index (χ4v) is 2.93. The summed E-state index contributed by atoms with van der Waals surface area (Å²) in [4.78, 5) is 0. The molecule has 2 aromatic rings. The molecule has 0 radical (unpaired) electrons. The van der Waals surface area contributed by atoms with E-state index in [0.717, 1.165) is 25.1 Å². The molecule has 1 aliphatic heterocycles. The summed E-state index contributed by atoms with van der Waals surface area (Å²) in [6, 6.07) is 21.1. The van der Waals surface area contributed by atoms with E-state index in [4.69, 9.17) is 11.8 Å². The van der Waals surface area contributed by atoms with E-state index >= 15 is 0 Å². The van der Waals surface area contributed by atoms with Crippen LogP contribution in [0.3, 0.4) is 0 Å². The fraction of sp³-hybridized carbons (Fsp3) is 0.222. The second-order valence-corrected chi connectivity index (χ2v) is 5.65. The van der Waals surface area contributed by atoms with Gasteiger partial charge in [-0.2, -0.15) is 0 Å². The molecule has 0 bridgehead atoms. The van der Waals surface area contributed by atoms with Crippen LogP contribution in [0.25, 0.3) is 0 Å². The van der Waals surface area contributed by atoms with Gasteiger partial charge in [0.05, 0.1) is 5.69 Å². The van der Waals surface area contributed by atoms with Crippen molar-refractivity contribution in [2.75, 3.05) is 11.0 Å². The van der Waals surface area contributed by atoms with Crippen molar-refractivity contribution >= 4 is 17.5 Å². The van der Waals surface area contributed by atoms with Crippen LogP contribution in [0.15, 0.2) is 72.4 Å². The highest BCUT2D eigenvalue weighted by Crippen LogP contribution is 2.26. The molecule has 2 nitrogen and oxygen atoms in total. The first kappa shape index (κ1) is 14.2. The molecule has 1 aliphatic rings. The third kappa shape index (κ3) is 3.66. The van der Waals surface area contributed by atoms with Gasteiger partial charge in [-0.05, 0) is 30.2 Å². The quantitative estimate of drug-likeness (QED) is 0.854. The normalized spacial score (nSPS) is 18.1. The topological polar surface area (TPSA) is 15.3 Å². The minimum atomic E-state index is 0.428. The maximum Gasteiger partial charge on any atom is 0.0577 e. The third-order valence-corrected chi connectivity index (χ3v) is 4.17. The average Bonchev–Trinajstić information content (AvgIpc) is 2.56. The van der Waals surface area contributed by atoms with Crippen LogP contribution in [0, 0.1) is 0 Å². The zero-order chi connectivity index (χ0) is 14.5. The molecule has 2 aromatic carbocycles. The summed E-state index contributed by atoms with van der Waals surface area (Å²) in [6.07, 6.45) is 4.13. The Balaban J connectivity index is 1.67. The van der Waals surface area contributed by atoms with E-state index < -0.39 is 0 Å². The molecule has 108 valence electrons. The predicted octanol–water partition coefficient (Wildman–Crippen LogP) is 4.14. The van der Waals surface area contributed by atoms with Crippen LogP contribution in [0.2, 0.25) is 0 Å². The molecule has 3 heteroatoms. The standard InChI is InChI=1S/C18H19ClN2/c19-21(17-9-5-2-6-10-17)18-11-12-20-16(14-18)13-15-7-3-1-4-8-15/h1-11,16,20H,12-14H2. The molecule has 0 saturated carbocycles. The Labute approximate surface area is 131 Å². The summed E-state index contributed by atoms with van der Waals surface area (Å²) in [6.45, 7) is 0.864. The number of nitrogens with zero attached hydrogens (tertiary/aromatic N) is 1. The van der Waals surface area contributed by atoms with Gasteiger partial charge in [-0.3, -0.25) is 4.42 Å². The van der Waals surface area contributed by atoms with Crippen LogP contribution in [0.1, 0.15) is 12.0 Å². The van der Waals surface area contributed by atoms with Gasteiger partial charge in [0, 0.05) is 36.5 Å². The minimum absolute atomic E-state index is 0.428. The Hall–Kier alpha value is -1.77. The summed E-state index contributed by atoms with van der Waals surface area (Å²) in [7, 11) is 0. The molecule has 0 fully saturated rings. The number of para-hydroxylation sites is 1. The molecule has 1 unspecified atom stereocenters. The van der Waals surface area contributed by atoms with Gasteiger partial charge in [0.1, 0.15) is 0 Å². The van der Waals surface area contributed by atoms with Gasteiger partial charge in [-0.25, -0.2) is 0 Å². The second kappa shape index (κ2) is 6.79. The fourth-order valence-electron chi connectivity index (χ4n) is 2.68. The van der Waals surface area contributed by atoms with Gasteiger partial charge < -0.3 is 5.32 Å². The molecule has 1 heterocycles. The van der Waals surface area contributed by atoms with Crippen molar-refractivity contribution in [2.24, 2.45) is 0 Å². The Morgan fingerprint density at radius 1 is 1.00 bits per heavy atom. The van der Waals surface area contributed by atoms with Crippen LogP contribution in [-0.4, -0.2) is 12.6 Å². The minimum Gasteiger partial charge on any atom is -0.310 e. The first-order valence-electron chi connectivity index (χ1n) is 7.30. The van der Waals surface area contributed by atoms with Gasteiger partial charge in [0.25, 0.3) is 0 Å². The number of nitrogens with one attached hydrogen (secondary N) is 1. The number of benzene rings is 2. The van der Waals surface area contributed by atoms with E-state index in [1.54, 1.807) is 4.42 Å². The third-order valence-electron chi connectivity index (χ3n) is 3.76. The van der Waals surface area contributed by atoms with Crippen LogP contribution < -0.4 is 9.74 Å². The van der Waals surface area contributed by atoms with Crippen molar-refractivity contribution in [3.05, 3.63) is 78.0 Å². The number of anilines is 1. The van der Waals surface area contributed by atoms with Crippen molar-refractivity contribution in [2.45, 2.75) is 18.9 Å². The highest BCUT2D eigenvalue weighted by atomic mass is 35.5. The SMILES string of the molecule is ClN(C1=CCNC(Cc2ccccc2)C1)c1ccccc1. The lowest BCUT2D eigenvalue weighted by Gasteiger charge is -2.28. The molecule has 0 amide bonds. The van der Waals surface area contributed by atoms with E-state index in [0.29, 0.717) is 6.04 Å². The van der Waals surface area contributed by atoms with Gasteiger partial charge in [-0.15, -0.1) is 0 Å². The van der Waals surface area contributed by atoms with Gasteiger partial charge in [-0.1, -0.05) is 48.5 Å². The molecule has 0 spiro atoms. The number of halogens is 1. The van der Waals surface area contributed by atoms with Crippen LogP contribution in [0.4, 0.5) is 5.69 Å². The molecular formula is C18H19ClN2. The first-order valence-corrected chi connectivity index (χ1v) is 7.64. The highest BCUT2D eigenvalue weighted by molar-refractivity contribution is 6.27. The van der Waals surface area contributed by atoms with E-state index in [1.165, 1.54) is 11.3 Å². The van der Waals surface area contributed by atoms with E-state index in [1.807, 2.05) is 30.3 Å². The van der Waals surface area contributed by atoms with E-state index in [-0.39, 0.29) is 0 Å². The highest BCUT2D eigenvalue weighted by Gasteiger charge is 2.19. The lowest BCUT2D eigenvalue weighted by molar-refractivity contribution is 0.509. The molecule has 3 rings (SSSR count).